The molecule has 1 fully saturated rings. The fourth-order valence-electron chi connectivity index (χ4n) is 4.06. The van der Waals surface area contributed by atoms with Crippen LogP contribution in [-0.2, 0) is 22.4 Å². The van der Waals surface area contributed by atoms with Crippen molar-refractivity contribution in [3.05, 3.63) is 71.8 Å². The molecular formula is C24H26Cl3NO3. The van der Waals surface area contributed by atoms with E-state index >= 15 is 0 Å². The summed E-state index contributed by atoms with van der Waals surface area (Å²) in [5.41, 5.74) is 2.33. The van der Waals surface area contributed by atoms with E-state index in [0.717, 1.165) is 24.0 Å². The van der Waals surface area contributed by atoms with Crippen LogP contribution in [0.3, 0.4) is 0 Å². The Morgan fingerprint density at radius 2 is 1.32 bits per heavy atom. The number of benzene rings is 2. The third-order valence-electron chi connectivity index (χ3n) is 5.50. The van der Waals surface area contributed by atoms with Crippen LogP contribution in [0.2, 0.25) is 0 Å². The number of piperidine rings is 1. The van der Waals surface area contributed by atoms with E-state index < -0.39 is 9.89 Å². The number of likely N-dealkylation sites (tertiary alicyclic amines) is 1. The second-order valence-electron chi connectivity index (χ2n) is 7.88. The fraction of sp³-hybridized carbons (Fsp3) is 0.417. The van der Waals surface area contributed by atoms with Crippen molar-refractivity contribution in [2.24, 2.45) is 0 Å². The summed E-state index contributed by atoms with van der Waals surface area (Å²) in [6, 6.07) is 19.6. The van der Waals surface area contributed by atoms with Crippen LogP contribution in [0.5, 0.6) is 0 Å². The Morgan fingerprint density at radius 3 is 1.74 bits per heavy atom. The average Bonchev–Trinajstić information content (AvgIpc) is 2.75. The Balaban J connectivity index is 1.74. The fourth-order valence-corrected chi connectivity index (χ4v) is 4.22. The summed E-state index contributed by atoms with van der Waals surface area (Å²) < 4.78 is 3.65. The number of nitrogens with zero attached hydrogens (tertiary/aromatic N) is 1. The van der Waals surface area contributed by atoms with Crippen LogP contribution in [0.25, 0.3) is 0 Å². The predicted octanol–water partition coefficient (Wildman–Crippen LogP) is 6.16. The number of ketones is 1. The van der Waals surface area contributed by atoms with Crippen molar-refractivity contribution < 1.29 is 14.3 Å². The van der Waals surface area contributed by atoms with Gasteiger partial charge in [0.1, 0.15) is 12.4 Å². The number of carbonyl (C=O) groups is 2. The molecule has 7 heteroatoms. The van der Waals surface area contributed by atoms with Gasteiger partial charge < -0.3 is 9.64 Å². The Hall–Kier alpha value is -1.75. The van der Waals surface area contributed by atoms with Gasteiger partial charge in [-0.25, -0.2) is 4.79 Å². The van der Waals surface area contributed by atoms with E-state index in [-0.39, 0.29) is 24.5 Å². The van der Waals surface area contributed by atoms with Crippen molar-refractivity contribution in [3.63, 3.8) is 0 Å². The van der Waals surface area contributed by atoms with Crippen LogP contribution in [0.15, 0.2) is 60.7 Å². The number of halogens is 3. The lowest BCUT2D eigenvalue weighted by atomic mass is 9.88. The van der Waals surface area contributed by atoms with Gasteiger partial charge in [-0.15, -0.1) is 0 Å². The average molecular weight is 483 g/mol. The molecule has 3 rings (SSSR count). The highest BCUT2D eigenvalue weighted by Gasteiger charge is 2.39. The zero-order valence-corrected chi connectivity index (χ0v) is 19.5. The zero-order chi connectivity index (χ0) is 22.3. The molecule has 166 valence electrons. The number of rotatable bonds is 7. The molecule has 4 nitrogen and oxygen atoms in total. The zero-order valence-electron chi connectivity index (χ0n) is 17.2. The normalized spacial score (nSPS) is 19.3. The Kier molecular flexibility index (Phi) is 8.65. The van der Waals surface area contributed by atoms with E-state index in [4.69, 9.17) is 39.5 Å². The summed E-state index contributed by atoms with van der Waals surface area (Å²) in [4.78, 5) is 27.3. The first kappa shape index (κ1) is 23.9. The van der Waals surface area contributed by atoms with Crippen LogP contribution >= 0.6 is 34.8 Å². The molecule has 0 saturated carbocycles. The summed E-state index contributed by atoms with van der Waals surface area (Å²) in [7, 11) is 0. The molecule has 2 atom stereocenters. The molecule has 0 radical (unpaired) electrons. The van der Waals surface area contributed by atoms with E-state index in [1.165, 1.54) is 0 Å². The Labute approximate surface area is 198 Å². The van der Waals surface area contributed by atoms with Crippen LogP contribution in [-0.4, -0.2) is 39.3 Å². The molecule has 0 aliphatic carbocycles. The van der Waals surface area contributed by atoms with Gasteiger partial charge in [0.25, 0.3) is 0 Å². The molecule has 1 heterocycles. The summed E-state index contributed by atoms with van der Waals surface area (Å²) >= 11 is 17.3. The van der Waals surface area contributed by atoms with Crippen LogP contribution < -0.4 is 0 Å². The number of carbonyl (C=O) groups excluding carboxylic acids is 2. The van der Waals surface area contributed by atoms with Crippen molar-refractivity contribution in [1.29, 1.82) is 0 Å². The van der Waals surface area contributed by atoms with Gasteiger partial charge in [-0.3, -0.25) is 4.79 Å². The van der Waals surface area contributed by atoms with Gasteiger partial charge in [0.05, 0.1) is 0 Å². The van der Waals surface area contributed by atoms with Crippen molar-refractivity contribution in [3.8, 4) is 0 Å². The standard InChI is InChI=1S/C24H26Cl3NO3/c25-24(26,27)17-31-23(30)28-20(13-11-18-7-3-1-4-8-18)15-22(29)16-21(28)14-12-19-9-5-2-6-10-19/h1-10,20-21H,11-17H2/t20-,21+. The molecule has 1 aliphatic rings. The monoisotopic (exact) mass is 481 g/mol. The maximum atomic E-state index is 13.0. The molecule has 1 saturated heterocycles. The molecule has 0 bridgehead atoms. The third-order valence-corrected chi connectivity index (χ3v) is 5.83. The maximum absolute atomic E-state index is 13.0. The third kappa shape index (κ3) is 7.71. The first-order valence-corrected chi connectivity index (χ1v) is 11.6. The topological polar surface area (TPSA) is 46.6 Å². The second-order valence-corrected chi connectivity index (χ2v) is 10.4. The van der Waals surface area contributed by atoms with Crippen LogP contribution in [0, 0.1) is 0 Å². The SMILES string of the molecule is O=C1C[C@@H](CCc2ccccc2)N(C(=O)OCC(Cl)(Cl)Cl)[C@@H](CCc2ccccc2)C1. The molecule has 0 aromatic heterocycles. The first-order valence-electron chi connectivity index (χ1n) is 10.4. The minimum absolute atomic E-state index is 0.168. The molecule has 2 aromatic rings. The van der Waals surface area contributed by atoms with E-state index in [1.54, 1.807) is 4.90 Å². The van der Waals surface area contributed by atoms with E-state index in [1.807, 2.05) is 60.7 Å². The summed E-state index contributed by atoms with van der Waals surface area (Å²) in [5.74, 6) is 0.168. The van der Waals surface area contributed by atoms with Crippen molar-refractivity contribution in [1.82, 2.24) is 4.90 Å². The molecule has 0 N–H and O–H groups in total. The van der Waals surface area contributed by atoms with Gasteiger partial charge in [-0.2, -0.15) is 0 Å². The number of alkyl halides is 3. The molecule has 1 aliphatic heterocycles. The molecule has 0 unspecified atom stereocenters. The van der Waals surface area contributed by atoms with E-state index in [0.29, 0.717) is 25.7 Å². The minimum Gasteiger partial charge on any atom is -0.445 e. The number of hydrogen-bond donors (Lipinski definition) is 0. The molecular weight excluding hydrogens is 457 g/mol. The van der Waals surface area contributed by atoms with Crippen LogP contribution in [0.4, 0.5) is 4.79 Å². The maximum Gasteiger partial charge on any atom is 0.410 e. The lowest BCUT2D eigenvalue weighted by Gasteiger charge is -2.41. The number of ether oxygens (including phenoxy) is 1. The summed E-state index contributed by atoms with van der Waals surface area (Å²) in [6.07, 6.45) is 2.96. The predicted molar refractivity (Wildman–Crippen MR) is 125 cm³/mol. The number of aryl methyl sites for hydroxylation is 2. The van der Waals surface area contributed by atoms with Gasteiger partial charge in [0.15, 0.2) is 0 Å². The summed E-state index contributed by atoms with van der Waals surface area (Å²) in [6.45, 7) is -0.336. The smallest absolute Gasteiger partial charge is 0.410 e. The largest absolute Gasteiger partial charge is 0.445 e. The molecule has 0 spiro atoms. The quantitative estimate of drug-likeness (QED) is 0.444. The van der Waals surface area contributed by atoms with Crippen LogP contribution in [0.1, 0.15) is 36.8 Å². The summed E-state index contributed by atoms with van der Waals surface area (Å²) in [5, 5.41) is 0. The molecule has 31 heavy (non-hydrogen) atoms. The Bertz CT molecular complexity index is 800. The van der Waals surface area contributed by atoms with Crippen molar-refractivity contribution in [2.75, 3.05) is 6.61 Å². The number of hydrogen-bond acceptors (Lipinski definition) is 3. The lowest BCUT2D eigenvalue weighted by molar-refractivity contribution is -0.124. The second kappa shape index (κ2) is 11.2. The Morgan fingerprint density at radius 1 is 0.871 bits per heavy atom. The van der Waals surface area contributed by atoms with E-state index in [2.05, 4.69) is 0 Å². The first-order chi connectivity index (χ1) is 14.8. The van der Waals surface area contributed by atoms with Gasteiger partial charge in [0, 0.05) is 24.9 Å². The molecule has 1 amide bonds. The van der Waals surface area contributed by atoms with Gasteiger partial charge in [-0.1, -0.05) is 95.5 Å². The molecule has 2 aromatic carbocycles. The lowest BCUT2D eigenvalue weighted by Crippen LogP contribution is -2.53. The minimum atomic E-state index is -1.68. The van der Waals surface area contributed by atoms with E-state index in [9.17, 15) is 9.59 Å². The highest BCUT2D eigenvalue weighted by atomic mass is 35.6. The highest BCUT2D eigenvalue weighted by molar-refractivity contribution is 6.67. The van der Waals surface area contributed by atoms with Gasteiger partial charge >= 0.3 is 6.09 Å². The number of Topliss-reactive ketones (excluding diaryl/α,β-unsaturated/α-hetero) is 1. The van der Waals surface area contributed by atoms with Gasteiger partial charge in [0.2, 0.25) is 3.79 Å². The highest BCUT2D eigenvalue weighted by Crippen LogP contribution is 2.30. The van der Waals surface area contributed by atoms with Crippen molar-refractivity contribution >= 4 is 46.7 Å². The van der Waals surface area contributed by atoms with Crippen molar-refractivity contribution in [2.45, 2.75) is 54.4 Å². The number of amides is 1. The van der Waals surface area contributed by atoms with Gasteiger partial charge in [-0.05, 0) is 36.8 Å².